The number of guanidine groups is 1. The fraction of sp³-hybridized carbons (Fsp3) is 0.267. The maximum absolute atomic E-state index is 6.31. The van der Waals surface area contributed by atoms with Gasteiger partial charge >= 0.3 is 0 Å². The lowest BCUT2D eigenvalue weighted by Gasteiger charge is -2.25. The number of nitrogens with zero attached hydrogens (tertiary/aromatic N) is 3. The number of hydrogen-bond donors (Lipinski definition) is 2. The number of rotatable bonds is 2. The van der Waals surface area contributed by atoms with E-state index in [0.717, 1.165) is 33.8 Å². The number of aryl methyl sites for hydroxylation is 1. The third-order valence-corrected chi connectivity index (χ3v) is 5.60. The Bertz CT molecular complexity index is 814. The predicted molar refractivity (Wildman–Crippen MR) is 111 cm³/mol. The van der Waals surface area contributed by atoms with E-state index in [1.54, 1.807) is 12.3 Å². The van der Waals surface area contributed by atoms with E-state index >= 15 is 0 Å². The number of aromatic nitrogens is 1. The van der Waals surface area contributed by atoms with Crippen LogP contribution >= 0.6 is 59.4 Å². The molecule has 10 heteroatoms. The first kappa shape index (κ1) is 22.0. The van der Waals surface area contributed by atoms with Crippen LogP contribution in [-0.2, 0) is 6.42 Å². The van der Waals surface area contributed by atoms with Crippen LogP contribution in [0.3, 0.4) is 0 Å². The molecule has 25 heavy (non-hydrogen) atoms. The molecule has 1 aliphatic carbocycles. The van der Waals surface area contributed by atoms with Crippen LogP contribution in [0.2, 0.25) is 9.36 Å². The molecule has 0 aliphatic heterocycles. The monoisotopic (exact) mass is 439 g/mol. The number of halogens is 4. The Balaban J connectivity index is 0.00000156. The minimum absolute atomic E-state index is 0. The van der Waals surface area contributed by atoms with E-state index in [0.29, 0.717) is 15.8 Å². The van der Waals surface area contributed by atoms with Crippen molar-refractivity contribution in [2.75, 3.05) is 0 Å². The normalized spacial score (nSPS) is 17.2. The molecule has 2 aromatic heterocycles. The van der Waals surface area contributed by atoms with Crippen molar-refractivity contribution < 1.29 is 0 Å². The summed E-state index contributed by atoms with van der Waals surface area (Å²) in [5.41, 5.74) is 14.7. The highest BCUT2D eigenvalue weighted by molar-refractivity contribution is 7.16. The van der Waals surface area contributed by atoms with E-state index in [1.165, 1.54) is 11.3 Å². The van der Waals surface area contributed by atoms with Gasteiger partial charge in [-0.15, -0.1) is 41.3 Å². The first-order chi connectivity index (χ1) is 11.0. The summed E-state index contributed by atoms with van der Waals surface area (Å²) in [6.07, 6.45) is 3.28. The van der Waals surface area contributed by atoms with Crippen molar-refractivity contribution in [3.63, 3.8) is 0 Å². The van der Waals surface area contributed by atoms with Gasteiger partial charge in [-0.3, -0.25) is 4.98 Å². The molecule has 2 heterocycles. The lowest BCUT2D eigenvalue weighted by Crippen LogP contribution is -2.24. The smallest absolute Gasteiger partial charge is 0.211 e. The quantitative estimate of drug-likeness (QED) is 0.414. The van der Waals surface area contributed by atoms with Crippen LogP contribution in [0.5, 0.6) is 0 Å². The summed E-state index contributed by atoms with van der Waals surface area (Å²) in [6, 6.07) is 3.73. The van der Waals surface area contributed by atoms with Gasteiger partial charge in [-0.2, -0.15) is 5.10 Å². The molecule has 0 saturated carbocycles. The van der Waals surface area contributed by atoms with Gasteiger partial charge in [0.05, 0.1) is 20.8 Å². The fourth-order valence-electron chi connectivity index (χ4n) is 2.83. The standard InChI is InChI=1S/C15H15Cl2N5S.2ClH/c1-7-2-3-20-10-4-8(14-9(16)6-12(17)23-14)5-11(13(7)10)21-22-15(18)19;;/h2-3,6,8H,4-5H2,1H3,(H4,18,19,22);2*1H/b21-11+;;. The van der Waals surface area contributed by atoms with E-state index < -0.39 is 0 Å². The van der Waals surface area contributed by atoms with Gasteiger partial charge in [-0.05, 0) is 31.0 Å². The molecule has 136 valence electrons. The molecular formula is C15H17Cl4N5S. The molecule has 1 unspecified atom stereocenters. The molecule has 4 N–H and O–H groups in total. The zero-order valence-electron chi connectivity index (χ0n) is 13.2. The third kappa shape index (κ3) is 4.77. The first-order valence-electron chi connectivity index (χ1n) is 7.00. The molecule has 0 fully saturated rings. The molecule has 5 nitrogen and oxygen atoms in total. The maximum atomic E-state index is 6.31. The van der Waals surface area contributed by atoms with Crippen molar-refractivity contribution in [3.05, 3.63) is 49.4 Å². The number of nitrogens with two attached hydrogens (primary N) is 2. The van der Waals surface area contributed by atoms with Crippen LogP contribution in [0.1, 0.15) is 34.0 Å². The second-order valence-electron chi connectivity index (χ2n) is 5.39. The molecule has 3 rings (SSSR count). The molecule has 0 radical (unpaired) electrons. The summed E-state index contributed by atoms with van der Waals surface area (Å²) in [6.45, 7) is 2.03. The molecule has 0 saturated heterocycles. The van der Waals surface area contributed by atoms with Crippen LogP contribution < -0.4 is 11.5 Å². The Hall–Kier alpha value is -1.05. The molecule has 1 aliphatic rings. The molecule has 0 aromatic carbocycles. The zero-order chi connectivity index (χ0) is 16.6. The fourth-order valence-corrected chi connectivity index (χ4v) is 4.57. The average Bonchev–Trinajstić information content (AvgIpc) is 2.83. The number of hydrogen-bond acceptors (Lipinski definition) is 4. The lowest BCUT2D eigenvalue weighted by molar-refractivity contribution is 0.689. The van der Waals surface area contributed by atoms with E-state index in [4.69, 9.17) is 34.7 Å². The average molecular weight is 441 g/mol. The molecule has 0 bridgehead atoms. The summed E-state index contributed by atoms with van der Waals surface area (Å²) < 4.78 is 0.677. The van der Waals surface area contributed by atoms with Crippen molar-refractivity contribution in [2.45, 2.75) is 25.7 Å². The maximum Gasteiger partial charge on any atom is 0.211 e. The summed E-state index contributed by atoms with van der Waals surface area (Å²) >= 11 is 13.9. The largest absolute Gasteiger partial charge is 0.369 e. The highest BCUT2D eigenvalue weighted by atomic mass is 35.5. The second kappa shape index (κ2) is 9.05. The van der Waals surface area contributed by atoms with Crippen LogP contribution in [0.15, 0.2) is 28.5 Å². The van der Waals surface area contributed by atoms with Gasteiger partial charge in [0.1, 0.15) is 0 Å². The van der Waals surface area contributed by atoms with E-state index in [1.807, 2.05) is 13.0 Å². The van der Waals surface area contributed by atoms with Crippen LogP contribution in [0.4, 0.5) is 0 Å². The zero-order valence-corrected chi connectivity index (χ0v) is 17.2. The van der Waals surface area contributed by atoms with Crippen molar-refractivity contribution in [1.82, 2.24) is 4.98 Å². The van der Waals surface area contributed by atoms with Crippen molar-refractivity contribution in [1.29, 1.82) is 0 Å². The summed E-state index contributed by atoms with van der Waals surface area (Å²) in [4.78, 5) is 5.55. The number of thiophene rings is 1. The Morgan fingerprint density at radius 1 is 1.28 bits per heavy atom. The van der Waals surface area contributed by atoms with Gasteiger partial charge in [0.2, 0.25) is 5.96 Å². The van der Waals surface area contributed by atoms with E-state index in [2.05, 4.69) is 15.2 Å². The van der Waals surface area contributed by atoms with Gasteiger partial charge in [-0.1, -0.05) is 23.2 Å². The summed E-state index contributed by atoms with van der Waals surface area (Å²) in [7, 11) is 0. The molecule has 0 amide bonds. The Kier molecular flexibility index (Phi) is 7.96. The minimum atomic E-state index is -0.0695. The Morgan fingerprint density at radius 2 is 2.00 bits per heavy atom. The van der Waals surface area contributed by atoms with Crippen LogP contribution in [0, 0.1) is 6.92 Å². The van der Waals surface area contributed by atoms with E-state index in [9.17, 15) is 0 Å². The Labute approximate surface area is 172 Å². The van der Waals surface area contributed by atoms with Crippen molar-refractivity contribution >= 4 is 71.0 Å². The first-order valence-corrected chi connectivity index (χ1v) is 8.58. The second-order valence-corrected chi connectivity index (χ2v) is 7.51. The summed E-state index contributed by atoms with van der Waals surface area (Å²) in [5.74, 6) is 0.0923. The highest BCUT2D eigenvalue weighted by Gasteiger charge is 2.29. The van der Waals surface area contributed by atoms with Crippen molar-refractivity contribution in [2.24, 2.45) is 21.7 Å². The SMILES string of the molecule is Cc1ccnc2c1/C(=N/N=C(N)N)CC(c1sc(Cl)cc1Cl)C2.Cl.Cl. The summed E-state index contributed by atoms with van der Waals surface area (Å²) in [5, 5.41) is 8.74. The minimum Gasteiger partial charge on any atom is -0.369 e. The lowest BCUT2D eigenvalue weighted by atomic mass is 9.83. The number of fused-ring (bicyclic) bond motifs is 1. The molecule has 1 atom stereocenters. The predicted octanol–water partition coefficient (Wildman–Crippen LogP) is 4.31. The molecular weight excluding hydrogens is 424 g/mol. The van der Waals surface area contributed by atoms with Crippen LogP contribution in [0.25, 0.3) is 0 Å². The topological polar surface area (TPSA) is 89.6 Å². The third-order valence-electron chi connectivity index (χ3n) is 3.75. The number of pyridine rings is 1. The van der Waals surface area contributed by atoms with Crippen LogP contribution in [-0.4, -0.2) is 16.7 Å². The van der Waals surface area contributed by atoms with Gasteiger partial charge in [0.25, 0.3) is 0 Å². The Morgan fingerprint density at radius 3 is 2.60 bits per heavy atom. The molecule has 0 spiro atoms. The highest BCUT2D eigenvalue weighted by Crippen LogP contribution is 2.42. The van der Waals surface area contributed by atoms with Gasteiger partial charge in [0, 0.05) is 29.0 Å². The van der Waals surface area contributed by atoms with Gasteiger partial charge in [0.15, 0.2) is 0 Å². The van der Waals surface area contributed by atoms with Gasteiger partial charge < -0.3 is 11.5 Å². The van der Waals surface area contributed by atoms with E-state index in [-0.39, 0.29) is 36.7 Å². The van der Waals surface area contributed by atoms with Crippen molar-refractivity contribution in [3.8, 4) is 0 Å². The van der Waals surface area contributed by atoms with Gasteiger partial charge in [-0.25, -0.2) is 0 Å². The molecule has 2 aromatic rings.